The van der Waals surface area contributed by atoms with Crippen molar-refractivity contribution in [1.29, 1.82) is 0 Å². The quantitative estimate of drug-likeness (QED) is 0.665. The standard InChI is InChI=1S/C13H21N3O4S/c1-16(2)21(18,19)12-7-5-4-6-11(12)15-10-13(17)14-8-9-20-3/h4-7,15H,8-10H2,1-3H3,(H,14,17). The summed E-state index contributed by atoms with van der Waals surface area (Å²) < 4.78 is 30.3. The Morgan fingerprint density at radius 1 is 1.29 bits per heavy atom. The van der Waals surface area contributed by atoms with Crippen molar-refractivity contribution in [3.8, 4) is 0 Å². The van der Waals surface area contributed by atoms with Gasteiger partial charge in [-0.2, -0.15) is 0 Å². The summed E-state index contributed by atoms with van der Waals surface area (Å²) in [6.45, 7) is 0.829. The second kappa shape index (κ2) is 7.96. The Morgan fingerprint density at radius 3 is 2.57 bits per heavy atom. The minimum Gasteiger partial charge on any atom is -0.383 e. The maximum absolute atomic E-state index is 12.2. The van der Waals surface area contributed by atoms with Crippen LogP contribution in [-0.2, 0) is 19.6 Å². The molecule has 0 aliphatic rings. The summed E-state index contributed by atoms with van der Waals surface area (Å²) in [5.41, 5.74) is 0.396. The average Bonchev–Trinajstić information content (AvgIpc) is 2.45. The van der Waals surface area contributed by atoms with Gasteiger partial charge in [0.25, 0.3) is 0 Å². The molecule has 0 aromatic heterocycles. The van der Waals surface area contributed by atoms with Crippen LogP contribution in [0, 0.1) is 0 Å². The van der Waals surface area contributed by atoms with Crippen molar-refractivity contribution < 1.29 is 17.9 Å². The number of carbonyl (C=O) groups excluding carboxylic acids is 1. The molecule has 0 heterocycles. The predicted octanol–water partition coefficient (Wildman–Crippen LogP) is 0.111. The molecular weight excluding hydrogens is 294 g/mol. The highest BCUT2D eigenvalue weighted by molar-refractivity contribution is 7.89. The van der Waals surface area contributed by atoms with Gasteiger partial charge >= 0.3 is 0 Å². The van der Waals surface area contributed by atoms with E-state index in [9.17, 15) is 13.2 Å². The van der Waals surface area contributed by atoms with Crippen molar-refractivity contribution in [2.75, 3.05) is 46.2 Å². The second-order valence-corrected chi connectivity index (χ2v) is 6.60. The van der Waals surface area contributed by atoms with Gasteiger partial charge in [0.2, 0.25) is 15.9 Å². The van der Waals surface area contributed by atoms with Gasteiger partial charge in [0.15, 0.2) is 0 Å². The molecule has 0 atom stereocenters. The van der Waals surface area contributed by atoms with Crippen LogP contribution in [0.1, 0.15) is 0 Å². The third-order valence-corrected chi connectivity index (χ3v) is 4.59. The summed E-state index contributed by atoms with van der Waals surface area (Å²) in [7, 11) is 0.915. The van der Waals surface area contributed by atoms with E-state index in [1.807, 2.05) is 0 Å². The van der Waals surface area contributed by atoms with Crippen molar-refractivity contribution in [2.24, 2.45) is 0 Å². The first kappa shape index (κ1) is 17.4. The number of para-hydroxylation sites is 1. The lowest BCUT2D eigenvalue weighted by Gasteiger charge is -2.16. The van der Waals surface area contributed by atoms with E-state index in [0.29, 0.717) is 18.8 Å². The Morgan fingerprint density at radius 2 is 1.95 bits per heavy atom. The molecule has 8 heteroatoms. The summed E-state index contributed by atoms with van der Waals surface area (Å²) in [5.74, 6) is -0.232. The number of ether oxygens (including phenoxy) is 1. The number of nitrogens with zero attached hydrogens (tertiary/aromatic N) is 1. The largest absolute Gasteiger partial charge is 0.383 e. The van der Waals surface area contributed by atoms with Gasteiger partial charge in [-0.15, -0.1) is 0 Å². The Hall–Kier alpha value is -1.64. The van der Waals surface area contributed by atoms with Crippen LogP contribution in [0.15, 0.2) is 29.2 Å². The molecule has 2 N–H and O–H groups in total. The number of amides is 1. The molecule has 118 valence electrons. The third-order valence-electron chi connectivity index (χ3n) is 2.71. The number of benzene rings is 1. The molecule has 21 heavy (non-hydrogen) atoms. The summed E-state index contributed by atoms with van der Waals surface area (Å²) >= 11 is 0. The number of hydrogen-bond acceptors (Lipinski definition) is 5. The zero-order chi connectivity index (χ0) is 15.9. The van der Waals surface area contributed by atoms with E-state index in [0.717, 1.165) is 4.31 Å². The minimum atomic E-state index is -3.56. The first-order chi connectivity index (χ1) is 9.89. The maximum Gasteiger partial charge on any atom is 0.244 e. The summed E-state index contributed by atoms with van der Waals surface area (Å²) in [4.78, 5) is 11.7. The lowest BCUT2D eigenvalue weighted by molar-refractivity contribution is -0.119. The molecule has 0 aliphatic heterocycles. The van der Waals surface area contributed by atoms with Gasteiger partial charge in [0.05, 0.1) is 18.8 Å². The lowest BCUT2D eigenvalue weighted by atomic mass is 10.3. The fourth-order valence-corrected chi connectivity index (χ4v) is 2.63. The molecular formula is C13H21N3O4S. The Labute approximate surface area is 125 Å². The lowest BCUT2D eigenvalue weighted by Crippen LogP contribution is -2.32. The monoisotopic (exact) mass is 315 g/mol. The molecule has 0 spiro atoms. The van der Waals surface area contributed by atoms with Crippen LogP contribution < -0.4 is 10.6 Å². The van der Waals surface area contributed by atoms with E-state index < -0.39 is 10.0 Å². The fourth-order valence-electron chi connectivity index (χ4n) is 1.56. The minimum absolute atomic E-state index is 0.0102. The highest BCUT2D eigenvalue weighted by Gasteiger charge is 2.20. The highest BCUT2D eigenvalue weighted by Crippen LogP contribution is 2.22. The number of hydrogen-bond donors (Lipinski definition) is 2. The Balaban J connectivity index is 2.75. The van der Waals surface area contributed by atoms with Crippen molar-refractivity contribution in [3.05, 3.63) is 24.3 Å². The third kappa shape index (κ3) is 5.00. The molecule has 0 saturated carbocycles. The number of rotatable bonds is 8. The number of nitrogens with one attached hydrogen (secondary N) is 2. The highest BCUT2D eigenvalue weighted by atomic mass is 32.2. The molecule has 7 nitrogen and oxygen atoms in total. The first-order valence-corrected chi connectivity index (χ1v) is 7.84. The van der Waals surface area contributed by atoms with Crippen LogP contribution in [0.2, 0.25) is 0 Å². The molecule has 0 aliphatic carbocycles. The topological polar surface area (TPSA) is 87.7 Å². The fraction of sp³-hybridized carbons (Fsp3) is 0.462. The molecule has 0 bridgehead atoms. The van der Waals surface area contributed by atoms with Crippen LogP contribution in [-0.4, -0.2) is 59.5 Å². The second-order valence-electron chi connectivity index (χ2n) is 4.48. The van der Waals surface area contributed by atoms with Gasteiger partial charge in [0.1, 0.15) is 4.90 Å². The molecule has 0 fully saturated rings. The van der Waals surface area contributed by atoms with Crippen LogP contribution >= 0.6 is 0 Å². The van der Waals surface area contributed by atoms with E-state index in [1.54, 1.807) is 25.3 Å². The van der Waals surface area contributed by atoms with E-state index in [2.05, 4.69) is 10.6 Å². The zero-order valence-electron chi connectivity index (χ0n) is 12.4. The number of anilines is 1. The maximum atomic E-state index is 12.2. The molecule has 1 aromatic carbocycles. The smallest absolute Gasteiger partial charge is 0.244 e. The number of carbonyl (C=O) groups is 1. The normalized spacial score (nSPS) is 11.4. The van der Waals surface area contributed by atoms with Gasteiger partial charge in [-0.3, -0.25) is 4.79 Å². The SMILES string of the molecule is COCCNC(=O)CNc1ccccc1S(=O)(=O)N(C)C. The van der Waals surface area contributed by atoms with Gasteiger partial charge in [0, 0.05) is 27.7 Å². The van der Waals surface area contributed by atoms with Crippen LogP contribution in [0.4, 0.5) is 5.69 Å². The van der Waals surface area contributed by atoms with Gasteiger partial charge in [-0.1, -0.05) is 12.1 Å². The van der Waals surface area contributed by atoms with Crippen molar-refractivity contribution >= 4 is 21.6 Å². The van der Waals surface area contributed by atoms with Gasteiger partial charge in [-0.05, 0) is 12.1 Å². The van der Waals surface area contributed by atoms with Crippen molar-refractivity contribution in [3.63, 3.8) is 0 Å². The van der Waals surface area contributed by atoms with E-state index in [4.69, 9.17) is 4.74 Å². The van der Waals surface area contributed by atoms with Crippen LogP contribution in [0.25, 0.3) is 0 Å². The molecule has 0 saturated heterocycles. The first-order valence-electron chi connectivity index (χ1n) is 6.40. The molecule has 1 rings (SSSR count). The van der Waals surface area contributed by atoms with E-state index in [1.165, 1.54) is 20.2 Å². The molecule has 1 aromatic rings. The number of methoxy groups -OCH3 is 1. The summed E-state index contributed by atoms with van der Waals surface area (Å²) in [5, 5.41) is 5.49. The Bertz CT molecular complexity index is 573. The Kier molecular flexibility index (Phi) is 6.60. The summed E-state index contributed by atoms with van der Waals surface area (Å²) in [6.07, 6.45) is 0. The summed E-state index contributed by atoms with van der Waals surface area (Å²) in [6, 6.07) is 6.47. The predicted molar refractivity (Wildman–Crippen MR) is 80.7 cm³/mol. The average molecular weight is 315 g/mol. The molecule has 0 radical (unpaired) electrons. The number of sulfonamides is 1. The molecule has 0 unspecified atom stereocenters. The van der Waals surface area contributed by atoms with Crippen molar-refractivity contribution in [1.82, 2.24) is 9.62 Å². The van der Waals surface area contributed by atoms with Crippen molar-refractivity contribution in [2.45, 2.75) is 4.90 Å². The van der Waals surface area contributed by atoms with E-state index >= 15 is 0 Å². The van der Waals surface area contributed by atoms with Crippen LogP contribution in [0.3, 0.4) is 0 Å². The van der Waals surface area contributed by atoms with Crippen LogP contribution in [0.5, 0.6) is 0 Å². The zero-order valence-corrected chi connectivity index (χ0v) is 13.2. The molecule has 1 amide bonds. The van der Waals surface area contributed by atoms with Gasteiger partial charge < -0.3 is 15.4 Å². The van der Waals surface area contributed by atoms with E-state index in [-0.39, 0.29) is 17.3 Å². The van der Waals surface area contributed by atoms with Gasteiger partial charge in [-0.25, -0.2) is 12.7 Å².